The molecule has 0 saturated heterocycles. The van der Waals surface area contributed by atoms with E-state index in [1.165, 1.54) is 6.20 Å². The monoisotopic (exact) mass is 200 g/mol. The fourth-order valence-electron chi connectivity index (χ4n) is 0.869. The van der Waals surface area contributed by atoms with Crippen LogP contribution in [-0.4, -0.2) is 19.3 Å². The lowest BCUT2D eigenvalue weighted by atomic mass is 10.4. The molecule has 1 unspecified atom stereocenters. The second-order valence-electron chi connectivity index (χ2n) is 2.27. The van der Waals surface area contributed by atoms with Crippen molar-refractivity contribution in [2.75, 3.05) is 0 Å². The zero-order chi connectivity index (χ0) is 8.72. The van der Waals surface area contributed by atoms with Crippen molar-refractivity contribution in [3.05, 3.63) is 17.6 Å². The predicted octanol–water partition coefficient (Wildman–Crippen LogP) is 0.695. The van der Waals surface area contributed by atoms with Crippen molar-refractivity contribution in [2.24, 2.45) is 0 Å². The highest BCUT2D eigenvalue weighted by atomic mass is 33.1. The summed E-state index contributed by atoms with van der Waals surface area (Å²) < 4.78 is 11.1. The van der Waals surface area contributed by atoms with Gasteiger partial charge in [0.15, 0.2) is 10.7 Å². The van der Waals surface area contributed by atoms with E-state index in [1.807, 2.05) is 0 Å². The number of aromatic nitrogens is 2. The van der Waals surface area contributed by atoms with Crippen molar-refractivity contribution in [2.45, 2.75) is 11.9 Å². The topological polar surface area (TPSA) is 59.9 Å². The predicted molar refractivity (Wildman–Crippen MR) is 45.1 cm³/mol. The van der Waals surface area contributed by atoms with Crippen LogP contribution in [0.3, 0.4) is 0 Å². The molecule has 0 radical (unpaired) electrons. The number of carbonyl (C=O) groups excluding carboxylic acids is 1. The minimum absolute atomic E-state index is 0.248. The normalized spacial score (nSPS) is 21.1. The zero-order valence-electron chi connectivity index (χ0n) is 6.10. The first-order valence-corrected chi connectivity index (χ1v) is 5.65. The first-order valence-electron chi connectivity index (χ1n) is 3.16. The van der Waals surface area contributed by atoms with Crippen molar-refractivity contribution in [3.63, 3.8) is 0 Å². The van der Waals surface area contributed by atoms with Gasteiger partial charge in [-0.05, 0) is 6.92 Å². The minimum atomic E-state index is -1.34. The molecule has 4 nitrogen and oxygen atoms in total. The number of rotatable bonds is 0. The van der Waals surface area contributed by atoms with Crippen LogP contribution in [0.15, 0.2) is 11.2 Å². The third-order valence-electron chi connectivity index (χ3n) is 1.36. The highest BCUT2D eigenvalue weighted by Gasteiger charge is 2.30. The van der Waals surface area contributed by atoms with E-state index in [4.69, 9.17) is 0 Å². The van der Waals surface area contributed by atoms with Crippen molar-refractivity contribution >= 4 is 25.7 Å². The molecule has 2 rings (SSSR count). The first-order chi connectivity index (χ1) is 5.68. The molecule has 1 aliphatic rings. The van der Waals surface area contributed by atoms with Crippen molar-refractivity contribution in [1.82, 2.24) is 9.97 Å². The quantitative estimate of drug-likeness (QED) is 0.577. The Morgan fingerprint density at radius 3 is 3.08 bits per heavy atom. The minimum Gasteiger partial charge on any atom is -0.279 e. The smallest absolute Gasteiger partial charge is 0.253 e. The van der Waals surface area contributed by atoms with Crippen LogP contribution in [0.2, 0.25) is 0 Å². The van der Waals surface area contributed by atoms with Gasteiger partial charge in [0.05, 0.1) is 5.69 Å². The summed E-state index contributed by atoms with van der Waals surface area (Å²) in [5.41, 5.74) is 0.917. The van der Waals surface area contributed by atoms with Crippen molar-refractivity contribution in [1.29, 1.82) is 0 Å². The molecule has 1 aromatic rings. The van der Waals surface area contributed by atoms with Gasteiger partial charge in [0.25, 0.3) is 5.12 Å². The van der Waals surface area contributed by atoms with Crippen molar-refractivity contribution < 1.29 is 9.00 Å². The van der Waals surface area contributed by atoms with Crippen LogP contribution in [0.4, 0.5) is 0 Å². The largest absolute Gasteiger partial charge is 0.279 e. The van der Waals surface area contributed by atoms with E-state index < -0.39 is 9.83 Å². The van der Waals surface area contributed by atoms with E-state index in [0.29, 0.717) is 10.7 Å². The van der Waals surface area contributed by atoms with Crippen LogP contribution >= 0.6 is 10.8 Å². The molecular formula is C6H4N2O2S2. The first kappa shape index (κ1) is 7.88. The summed E-state index contributed by atoms with van der Waals surface area (Å²) in [7, 11) is -0.576. The number of hydrogen-bond acceptors (Lipinski definition) is 5. The zero-order valence-corrected chi connectivity index (χ0v) is 7.74. The molecule has 12 heavy (non-hydrogen) atoms. The average Bonchev–Trinajstić information content (AvgIpc) is 2.28. The van der Waals surface area contributed by atoms with Crippen LogP contribution in [0.1, 0.15) is 16.2 Å². The SMILES string of the molecule is Cc1cnc2c(n1)C(=O)SS2=O. The Balaban J connectivity index is 2.68. The Hall–Kier alpha value is -0.750. The third-order valence-corrected chi connectivity index (χ3v) is 3.85. The van der Waals surface area contributed by atoms with Gasteiger partial charge in [-0.15, -0.1) is 0 Å². The van der Waals surface area contributed by atoms with Gasteiger partial charge >= 0.3 is 0 Å². The summed E-state index contributed by atoms with van der Waals surface area (Å²) in [5, 5.41) is 0.0510. The molecule has 0 aromatic carbocycles. The number of carbonyl (C=O) groups is 1. The second kappa shape index (κ2) is 2.63. The van der Waals surface area contributed by atoms with E-state index in [1.54, 1.807) is 6.92 Å². The molecule has 6 heteroatoms. The summed E-state index contributed by atoms with van der Waals surface area (Å²) in [6, 6.07) is 0. The average molecular weight is 200 g/mol. The molecule has 2 heterocycles. The summed E-state index contributed by atoms with van der Waals surface area (Å²) in [6.45, 7) is 1.74. The van der Waals surface area contributed by atoms with E-state index in [0.717, 1.165) is 10.8 Å². The fourth-order valence-corrected chi connectivity index (χ4v) is 3.06. The molecule has 0 aliphatic carbocycles. The molecule has 1 atom stereocenters. The Labute approximate surface area is 74.7 Å². The van der Waals surface area contributed by atoms with Gasteiger partial charge < -0.3 is 0 Å². The van der Waals surface area contributed by atoms with Crippen LogP contribution in [-0.2, 0) is 9.83 Å². The van der Waals surface area contributed by atoms with E-state index in [9.17, 15) is 9.00 Å². The van der Waals surface area contributed by atoms with Gasteiger partial charge in [-0.2, -0.15) is 0 Å². The van der Waals surface area contributed by atoms with E-state index >= 15 is 0 Å². The Kier molecular flexibility index (Phi) is 1.73. The van der Waals surface area contributed by atoms with Gasteiger partial charge in [-0.25, -0.2) is 14.2 Å². The maximum absolute atomic E-state index is 11.1. The Morgan fingerprint density at radius 1 is 1.58 bits per heavy atom. The molecule has 1 aromatic heterocycles. The van der Waals surface area contributed by atoms with Crippen LogP contribution < -0.4 is 0 Å². The number of fused-ring (bicyclic) bond motifs is 1. The Bertz CT molecular complexity index is 391. The standard InChI is InChI=1S/C6H4N2O2S2/c1-3-2-7-5-4(8-3)6(9)11-12(5)10/h2H,1H3. The molecule has 0 N–H and O–H groups in total. The number of nitrogens with zero attached hydrogens (tertiary/aromatic N) is 2. The third kappa shape index (κ3) is 1.07. The highest BCUT2D eigenvalue weighted by Crippen LogP contribution is 2.31. The highest BCUT2D eigenvalue weighted by molar-refractivity contribution is 8.76. The molecule has 0 saturated carbocycles. The second-order valence-corrected chi connectivity index (χ2v) is 5.07. The number of hydrogen-bond donors (Lipinski definition) is 0. The maximum Gasteiger partial charge on any atom is 0.253 e. The van der Waals surface area contributed by atoms with Gasteiger partial charge in [0.1, 0.15) is 9.83 Å². The number of aryl methyl sites for hydroxylation is 1. The summed E-state index contributed by atoms with van der Waals surface area (Å²) in [4.78, 5) is 18.9. The molecule has 0 spiro atoms. The summed E-state index contributed by atoms with van der Waals surface area (Å²) in [5.74, 6) is 0. The van der Waals surface area contributed by atoms with Gasteiger partial charge in [-0.1, -0.05) is 0 Å². The van der Waals surface area contributed by atoms with E-state index in [-0.39, 0.29) is 10.8 Å². The van der Waals surface area contributed by atoms with Crippen LogP contribution in [0.25, 0.3) is 0 Å². The van der Waals surface area contributed by atoms with Crippen LogP contribution in [0.5, 0.6) is 0 Å². The molecule has 0 amide bonds. The van der Waals surface area contributed by atoms with Crippen LogP contribution in [0, 0.1) is 6.92 Å². The maximum atomic E-state index is 11.1. The molecule has 0 fully saturated rings. The van der Waals surface area contributed by atoms with Gasteiger partial charge in [-0.3, -0.25) is 4.79 Å². The lowest BCUT2D eigenvalue weighted by Crippen LogP contribution is -1.97. The van der Waals surface area contributed by atoms with Gasteiger partial charge in [0.2, 0.25) is 0 Å². The molecule has 1 aliphatic heterocycles. The summed E-state index contributed by atoms with van der Waals surface area (Å²) in [6.07, 6.45) is 1.51. The Morgan fingerprint density at radius 2 is 2.33 bits per heavy atom. The van der Waals surface area contributed by atoms with Gasteiger partial charge in [0, 0.05) is 17.0 Å². The summed E-state index contributed by atoms with van der Waals surface area (Å²) >= 11 is 0. The lowest BCUT2D eigenvalue weighted by Gasteiger charge is -1.93. The van der Waals surface area contributed by atoms with E-state index in [2.05, 4.69) is 9.97 Å². The molecular weight excluding hydrogens is 196 g/mol. The molecule has 62 valence electrons. The van der Waals surface area contributed by atoms with Crippen molar-refractivity contribution in [3.8, 4) is 0 Å². The fraction of sp³-hybridized carbons (Fsp3) is 0.167. The molecule has 0 bridgehead atoms. The lowest BCUT2D eigenvalue weighted by molar-refractivity contribution is 0.108.